The lowest BCUT2D eigenvalue weighted by Gasteiger charge is -1.93. The number of hydrogen-bond donors (Lipinski definition) is 0. The molecule has 0 N–H and O–H groups in total. The molecule has 65 valence electrons. The van der Waals surface area contributed by atoms with Crippen LogP contribution in [0.4, 0.5) is 0 Å². The van der Waals surface area contributed by atoms with Crippen LogP contribution in [0.3, 0.4) is 0 Å². The Labute approximate surface area is 79.3 Å². The van der Waals surface area contributed by atoms with Gasteiger partial charge in [-0.3, -0.25) is 4.79 Å². The van der Waals surface area contributed by atoms with E-state index in [0.717, 1.165) is 4.88 Å². The zero-order valence-corrected chi connectivity index (χ0v) is 7.98. The first-order valence-corrected chi connectivity index (χ1v) is 4.41. The summed E-state index contributed by atoms with van der Waals surface area (Å²) in [6, 6.07) is 0. The molecule has 0 unspecified atom stereocenters. The van der Waals surface area contributed by atoms with E-state index in [2.05, 4.69) is 9.72 Å². The second-order valence-corrected chi connectivity index (χ2v) is 3.77. The van der Waals surface area contributed by atoms with Crippen molar-refractivity contribution < 1.29 is 9.53 Å². The number of nitrogens with zero attached hydrogens (tertiary/aromatic N) is 1. The van der Waals surface area contributed by atoms with Crippen LogP contribution in [0.1, 0.15) is 4.88 Å². The van der Waals surface area contributed by atoms with Crippen molar-refractivity contribution in [2.45, 2.75) is 6.42 Å². The van der Waals surface area contributed by atoms with E-state index in [9.17, 15) is 4.79 Å². The van der Waals surface area contributed by atoms with Crippen molar-refractivity contribution >= 4 is 28.7 Å². The maximum atomic E-state index is 11.0. The molecule has 3 nitrogen and oxygen atoms in total. The Morgan fingerprint density at radius 3 is 3.17 bits per heavy atom. The van der Waals surface area contributed by atoms with E-state index >= 15 is 0 Å². The Bertz CT molecular complexity index is 274. The molecule has 0 saturated heterocycles. The van der Waals surface area contributed by atoms with Gasteiger partial charge in [0.25, 0.3) is 0 Å². The molecule has 12 heavy (non-hydrogen) atoms. The van der Waals surface area contributed by atoms with E-state index < -0.39 is 0 Å². The number of Topliss-reactive ketones (excluding diaryl/α,β-unsaturated/α-hetero) is 1. The Hall–Kier alpha value is -0.450. The summed E-state index contributed by atoms with van der Waals surface area (Å²) in [6.07, 6.45) is 1.90. The maximum absolute atomic E-state index is 11.0. The normalized spacial score (nSPS) is 10.2. The minimum atomic E-state index is -0.0854. The fraction of sp³-hybridized carbons (Fsp3) is 0.286. The van der Waals surface area contributed by atoms with Crippen LogP contribution in [0, 0.1) is 6.61 Å². The number of carbonyl (C=O) groups excluding carboxylic acids is 1. The molecule has 1 aromatic rings. The van der Waals surface area contributed by atoms with Gasteiger partial charge >= 0.3 is 0 Å². The van der Waals surface area contributed by atoms with Gasteiger partial charge < -0.3 is 4.74 Å². The summed E-state index contributed by atoms with van der Waals surface area (Å²) >= 11 is 6.88. The molecule has 1 heterocycles. The molecule has 0 spiro atoms. The molecule has 0 aliphatic heterocycles. The van der Waals surface area contributed by atoms with Gasteiger partial charge in [-0.05, 0) is 0 Å². The average molecular weight is 205 g/mol. The number of aromatic nitrogens is 1. The third kappa shape index (κ3) is 2.89. The highest BCUT2D eigenvalue weighted by atomic mass is 35.5. The van der Waals surface area contributed by atoms with Gasteiger partial charge in [0.1, 0.15) is 6.61 Å². The molecule has 0 saturated carbocycles. The predicted octanol–water partition coefficient (Wildman–Crippen LogP) is 1.72. The van der Waals surface area contributed by atoms with Crippen LogP contribution in [0.5, 0.6) is 0 Å². The quantitative estimate of drug-likeness (QED) is 0.750. The molecule has 0 aliphatic carbocycles. The van der Waals surface area contributed by atoms with Gasteiger partial charge in [-0.1, -0.05) is 11.6 Å². The van der Waals surface area contributed by atoms with Crippen LogP contribution in [0.15, 0.2) is 6.20 Å². The third-order valence-electron chi connectivity index (χ3n) is 1.12. The maximum Gasteiger partial charge on any atom is 0.183 e. The number of hydrogen-bond acceptors (Lipinski definition) is 4. The molecule has 0 atom stereocenters. The summed E-state index contributed by atoms with van der Waals surface area (Å²) in [5.41, 5.74) is 0. The average Bonchev–Trinajstić information content (AvgIpc) is 2.36. The second kappa shape index (κ2) is 4.54. The Kier molecular flexibility index (Phi) is 3.65. The van der Waals surface area contributed by atoms with Crippen LogP contribution < -0.4 is 0 Å². The Morgan fingerprint density at radius 2 is 2.67 bits per heavy atom. The molecule has 1 aromatic heterocycles. The van der Waals surface area contributed by atoms with Gasteiger partial charge in [0.05, 0.1) is 0 Å². The molecule has 1 radical (unpaired) electrons. The molecule has 0 aliphatic rings. The molecular formula is C7H7ClNO2S. The van der Waals surface area contributed by atoms with E-state index in [1.54, 1.807) is 6.20 Å². The lowest BCUT2D eigenvalue weighted by atomic mass is 10.3. The minimum Gasteiger partial charge on any atom is -0.370 e. The zero-order chi connectivity index (χ0) is 8.97. The lowest BCUT2D eigenvalue weighted by Crippen LogP contribution is -2.02. The standard InChI is InChI=1S/C7H7ClNO2S/c1-11-4-5(10)2-6-3-9-7(8)12-6/h3-4H,2H2,1H3. The highest BCUT2D eigenvalue weighted by Crippen LogP contribution is 2.18. The largest absolute Gasteiger partial charge is 0.370 e. The molecule has 0 bridgehead atoms. The SMILES string of the molecule is CO[CH]C(=O)Cc1cnc(Cl)s1. The summed E-state index contributed by atoms with van der Waals surface area (Å²) in [4.78, 5) is 15.6. The van der Waals surface area contributed by atoms with Crippen molar-refractivity contribution in [2.75, 3.05) is 7.11 Å². The van der Waals surface area contributed by atoms with Crippen molar-refractivity contribution in [3.63, 3.8) is 0 Å². The minimum absolute atomic E-state index is 0.0854. The first-order chi connectivity index (χ1) is 5.72. The smallest absolute Gasteiger partial charge is 0.183 e. The second-order valence-electron chi connectivity index (χ2n) is 2.08. The highest BCUT2D eigenvalue weighted by Gasteiger charge is 2.06. The van der Waals surface area contributed by atoms with Crippen LogP contribution in [0.25, 0.3) is 0 Å². The lowest BCUT2D eigenvalue weighted by molar-refractivity contribution is -0.118. The van der Waals surface area contributed by atoms with Crippen molar-refractivity contribution in [3.05, 3.63) is 22.1 Å². The third-order valence-corrected chi connectivity index (χ3v) is 2.24. The van der Waals surface area contributed by atoms with Gasteiger partial charge in [0, 0.05) is 24.6 Å². The summed E-state index contributed by atoms with van der Waals surface area (Å²) in [7, 11) is 1.44. The van der Waals surface area contributed by atoms with E-state index in [1.165, 1.54) is 25.1 Å². The highest BCUT2D eigenvalue weighted by molar-refractivity contribution is 7.15. The zero-order valence-electron chi connectivity index (χ0n) is 6.41. The molecule has 5 heteroatoms. The fourth-order valence-electron chi connectivity index (χ4n) is 0.710. The topological polar surface area (TPSA) is 39.2 Å². The van der Waals surface area contributed by atoms with Crippen molar-refractivity contribution in [1.82, 2.24) is 4.98 Å². The first kappa shape index (κ1) is 9.64. The molecule has 1 rings (SSSR count). The predicted molar refractivity (Wildman–Crippen MR) is 47.1 cm³/mol. The van der Waals surface area contributed by atoms with Crippen molar-refractivity contribution in [3.8, 4) is 0 Å². The van der Waals surface area contributed by atoms with Crippen LogP contribution in [-0.2, 0) is 16.0 Å². The van der Waals surface area contributed by atoms with Crippen molar-refractivity contribution in [1.29, 1.82) is 0 Å². The molecule has 0 amide bonds. The van der Waals surface area contributed by atoms with Gasteiger partial charge in [0.2, 0.25) is 0 Å². The monoisotopic (exact) mass is 204 g/mol. The van der Waals surface area contributed by atoms with Gasteiger partial charge in [-0.25, -0.2) is 4.98 Å². The van der Waals surface area contributed by atoms with Crippen molar-refractivity contribution in [2.24, 2.45) is 0 Å². The van der Waals surface area contributed by atoms with E-state index in [0.29, 0.717) is 10.9 Å². The summed E-state index contributed by atoms with van der Waals surface area (Å²) < 4.78 is 5.01. The van der Waals surface area contributed by atoms with Crippen LogP contribution in [0.2, 0.25) is 4.47 Å². The Balaban J connectivity index is 2.46. The summed E-state index contributed by atoms with van der Waals surface area (Å²) in [6.45, 7) is 1.17. The summed E-state index contributed by atoms with van der Waals surface area (Å²) in [5, 5.41) is 0. The number of ether oxygens (including phenoxy) is 1. The number of ketones is 1. The first-order valence-electron chi connectivity index (χ1n) is 3.21. The Morgan fingerprint density at radius 1 is 1.92 bits per heavy atom. The van der Waals surface area contributed by atoms with E-state index in [1.807, 2.05) is 0 Å². The van der Waals surface area contributed by atoms with Gasteiger partial charge in [0.15, 0.2) is 10.3 Å². The number of halogens is 1. The van der Waals surface area contributed by atoms with Gasteiger partial charge in [-0.2, -0.15) is 0 Å². The molecular weight excluding hydrogens is 198 g/mol. The molecule has 0 fully saturated rings. The fourth-order valence-corrected chi connectivity index (χ4v) is 1.70. The van der Waals surface area contributed by atoms with E-state index in [-0.39, 0.29) is 5.78 Å². The number of methoxy groups -OCH3 is 1. The molecule has 0 aromatic carbocycles. The van der Waals surface area contributed by atoms with Gasteiger partial charge in [-0.15, -0.1) is 11.3 Å². The van der Waals surface area contributed by atoms with Crippen LogP contribution >= 0.6 is 22.9 Å². The number of rotatable bonds is 4. The summed E-state index contributed by atoms with van der Waals surface area (Å²) in [5.74, 6) is -0.0854. The number of carbonyl (C=O) groups is 1. The van der Waals surface area contributed by atoms with E-state index in [4.69, 9.17) is 11.6 Å². The van der Waals surface area contributed by atoms with Crippen LogP contribution in [-0.4, -0.2) is 17.9 Å². The number of thiazole rings is 1.